The molecule has 0 aromatic heterocycles. The van der Waals surface area contributed by atoms with Crippen LogP contribution in [0.25, 0.3) is 0 Å². The van der Waals surface area contributed by atoms with Crippen molar-refractivity contribution >= 4 is 5.97 Å². The molecule has 0 aliphatic carbocycles. The van der Waals surface area contributed by atoms with Crippen LogP contribution in [0.15, 0.2) is 0 Å². The molecule has 5 heteroatoms. The van der Waals surface area contributed by atoms with E-state index in [0.29, 0.717) is 0 Å². The normalized spacial score (nSPS) is 13.4. The second-order valence-corrected chi connectivity index (χ2v) is 1.38. The molecule has 9 heavy (non-hydrogen) atoms. The first kappa shape index (κ1) is 8.29. The molecule has 1 atom stereocenters. The van der Waals surface area contributed by atoms with Crippen LogP contribution in [-0.2, 0) is 9.53 Å². The third kappa shape index (κ3) is 2.36. The van der Waals surface area contributed by atoms with E-state index in [9.17, 15) is 13.6 Å². The van der Waals surface area contributed by atoms with Crippen LogP contribution in [0.1, 0.15) is 0 Å². The number of halogens is 2. The van der Waals surface area contributed by atoms with Crippen molar-refractivity contribution in [2.45, 2.75) is 12.5 Å². The molecular formula is C4H7F2NO2. The Bertz CT molecular complexity index is 107. The summed E-state index contributed by atoms with van der Waals surface area (Å²) in [4.78, 5) is 10.1. The fraction of sp³-hybridized carbons (Fsp3) is 0.750. The minimum atomic E-state index is -2.85. The van der Waals surface area contributed by atoms with Gasteiger partial charge < -0.3 is 10.5 Å². The van der Waals surface area contributed by atoms with Crippen molar-refractivity contribution in [1.29, 1.82) is 0 Å². The summed E-state index contributed by atoms with van der Waals surface area (Å²) < 4.78 is 26.8. The maximum Gasteiger partial charge on any atom is 0.328 e. The molecule has 3 nitrogen and oxygen atoms in total. The molecule has 0 spiro atoms. The smallest absolute Gasteiger partial charge is 0.328 e. The van der Waals surface area contributed by atoms with Gasteiger partial charge in [-0.05, 0) is 0 Å². The van der Waals surface area contributed by atoms with Gasteiger partial charge >= 0.3 is 5.97 Å². The van der Waals surface area contributed by atoms with E-state index in [1.165, 1.54) is 0 Å². The highest BCUT2D eigenvalue weighted by atomic mass is 19.3. The number of carbonyl (C=O) groups excluding carboxylic acids is 1. The molecule has 0 saturated carbocycles. The second-order valence-electron chi connectivity index (χ2n) is 1.38. The van der Waals surface area contributed by atoms with E-state index < -0.39 is 18.4 Å². The summed E-state index contributed by atoms with van der Waals surface area (Å²) in [5.41, 5.74) is 4.65. The lowest BCUT2D eigenvalue weighted by molar-refractivity contribution is -0.145. The average molecular weight is 139 g/mol. The van der Waals surface area contributed by atoms with Gasteiger partial charge in [-0.3, -0.25) is 4.79 Å². The summed E-state index contributed by atoms with van der Waals surface area (Å²) in [6, 6.07) is -1.81. The van der Waals surface area contributed by atoms with E-state index in [2.05, 4.69) is 10.5 Å². The number of esters is 1. The molecule has 2 N–H and O–H groups in total. The third-order valence-electron chi connectivity index (χ3n) is 0.745. The standard InChI is InChI=1S/C4H7F2NO2/c1-9-4(8)2(7)3(5)6/h2-3H,7H2,1H3. The lowest BCUT2D eigenvalue weighted by Crippen LogP contribution is -2.38. The molecule has 1 unspecified atom stereocenters. The third-order valence-corrected chi connectivity index (χ3v) is 0.745. The highest BCUT2D eigenvalue weighted by molar-refractivity contribution is 5.75. The molecule has 0 bridgehead atoms. The first-order valence-electron chi connectivity index (χ1n) is 2.21. The van der Waals surface area contributed by atoms with Gasteiger partial charge in [-0.15, -0.1) is 0 Å². The van der Waals surface area contributed by atoms with Crippen LogP contribution in [-0.4, -0.2) is 25.5 Å². The lowest BCUT2D eigenvalue weighted by Gasteiger charge is -2.05. The zero-order chi connectivity index (χ0) is 7.44. The summed E-state index contributed by atoms with van der Waals surface area (Å²) in [6.45, 7) is 0. The van der Waals surface area contributed by atoms with Crippen molar-refractivity contribution in [1.82, 2.24) is 0 Å². The summed E-state index contributed by atoms with van der Waals surface area (Å²) in [5, 5.41) is 0. The summed E-state index contributed by atoms with van der Waals surface area (Å²) in [7, 11) is 1.00. The quantitative estimate of drug-likeness (QED) is 0.537. The van der Waals surface area contributed by atoms with E-state index in [0.717, 1.165) is 7.11 Å². The van der Waals surface area contributed by atoms with Crippen LogP contribution in [0.2, 0.25) is 0 Å². The van der Waals surface area contributed by atoms with Crippen molar-refractivity contribution in [3.63, 3.8) is 0 Å². The Kier molecular flexibility index (Phi) is 3.08. The van der Waals surface area contributed by atoms with Gasteiger partial charge in [0.25, 0.3) is 6.43 Å². The average Bonchev–Trinajstić information content (AvgIpc) is 1.84. The highest BCUT2D eigenvalue weighted by Crippen LogP contribution is 1.98. The van der Waals surface area contributed by atoms with Gasteiger partial charge in [0.1, 0.15) is 0 Å². The lowest BCUT2D eigenvalue weighted by atomic mass is 10.3. The Morgan fingerprint density at radius 1 is 1.67 bits per heavy atom. The van der Waals surface area contributed by atoms with Crippen molar-refractivity contribution in [3.8, 4) is 0 Å². The van der Waals surface area contributed by atoms with Crippen LogP contribution in [0, 0.1) is 0 Å². The SMILES string of the molecule is COC(=O)C(N)C(F)F. The molecule has 0 fully saturated rings. The minimum Gasteiger partial charge on any atom is -0.468 e. The van der Waals surface area contributed by atoms with Crippen molar-refractivity contribution in [2.24, 2.45) is 5.73 Å². The Balaban J connectivity index is 3.72. The number of ether oxygens (including phenoxy) is 1. The molecule has 54 valence electrons. The van der Waals surface area contributed by atoms with Gasteiger partial charge in [-0.1, -0.05) is 0 Å². The number of rotatable bonds is 2. The summed E-state index contributed by atoms with van der Waals surface area (Å²) in [5.74, 6) is -1.09. The van der Waals surface area contributed by atoms with Crippen molar-refractivity contribution in [2.75, 3.05) is 7.11 Å². The van der Waals surface area contributed by atoms with Gasteiger partial charge in [-0.25, -0.2) is 8.78 Å². The van der Waals surface area contributed by atoms with Gasteiger partial charge in [0.05, 0.1) is 7.11 Å². The van der Waals surface area contributed by atoms with E-state index in [1.807, 2.05) is 0 Å². The van der Waals surface area contributed by atoms with Gasteiger partial charge in [0.15, 0.2) is 6.04 Å². The van der Waals surface area contributed by atoms with Gasteiger partial charge in [0, 0.05) is 0 Å². The molecule has 0 heterocycles. The van der Waals surface area contributed by atoms with Crippen LogP contribution in [0.4, 0.5) is 8.78 Å². The largest absolute Gasteiger partial charge is 0.468 e. The van der Waals surface area contributed by atoms with Crippen LogP contribution >= 0.6 is 0 Å². The van der Waals surface area contributed by atoms with Crippen molar-refractivity contribution < 1.29 is 18.3 Å². The van der Waals surface area contributed by atoms with E-state index >= 15 is 0 Å². The van der Waals surface area contributed by atoms with Crippen molar-refractivity contribution in [3.05, 3.63) is 0 Å². The number of nitrogens with two attached hydrogens (primary N) is 1. The fourth-order valence-electron chi connectivity index (χ4n) is 0.239. The monoisotopic (exact) mass is 139 g/mol. The number of hydrogen-bond acceptors (Lipinski definition) is 3. The molecule has 0 aliphatic heterocycles. The van der Waals surface area contributed by atoms with E-state index in [-0.39, 0.29) is 0 Å². The van der Waals surface area contributed by atoms with Crippen LogP contribution in [0.5, 0.6) is 0 Å². The highest BCUT2D eigenvalue weighted by Gasteiger charge is 2.23. The Morgan fingerprint density at radius 2 is 2.11 bits per heavy atom. The maximum atomic E-state index is 11.4. The molecule has 0 saturated heterocycles. The summed E-state index contributed by atoms with van der Waals surface area (Å²) in [6.07, 6.45) is -2.85. The van der Waals surface area contributed by atoms with E-state index in [4.69, 9.17) is 0 Å². The molecule has 0 rings (SSSR count). The van der Waals surface area contributed by atoms with Crippen LogP contribution in [0.3, 0.4) is 0 Å². The minimum absolute atomic E-state index is 1.00. The first-order valence-corrected chi connectivity index (χ1v) is 2.21. The maximum absolute atomic E-state index is 11.4. The Labute approximate surface area is 50.8 Å². The number of hydrogen-bond donors (Lipinski definition) is 1. The van der Waals surface area contributed by atoms with Gasteiger partial charge in [0.2, 0.25) is 0 Å². The number of carbonyl (C=O) groups is 1. The summed E-state index contributed by atoms with van der Waals surface area (Å²) >= 11 is 0. The predicted molar refractivity (Wildman–Crippen MR) is 26.0 cm³/mol. The Morgan fingerprint density at radius 3 is 2.22 bits per heavy atom. The first-order chi connectivity index (χ1) is 4.09. The molecule has 0 aromatic rings. The zero-order valence-corrected chi connectivity index (χ0v) is 4.80. The topological polar surface area (TPSA) is 52.3 Å². The zero-order valence-electron chi connectivity index (χ0n) is 4.80. The Hall–Kier alpha value is -0.710. The molecular weight excluding hydrogens is 132 g/mol. The second kappa shape index (κ2) is 3.34. The van der Waals surface area contributed by atoms with E-state index in [1.54, 1.807) is 0 Å². The number of methoxy groups -OCH3 is 1. The van der Waals surface area contributed by atoms with Crippen LogP contribution < -0.4 is 5.73 Å². The molecule has 0 aromatic carbocycles. The molecule has 0 amide bonds. The fourth-order valence-corrected chi connectivity index (χ4v) is 0.239. The molecule has 0 radical (unpaired) electrons. The predicted octanol–water partition coefficient (Wildman–Crippen LogP) is -0.248. The molecule has 0 aliphatic rings. The number of alkyl halides is 2. The van der Waals surface area contributed by atoms with Gasteiger partial charge in [-0.2, -0.15) is 0 Å².